The molecule has 4 N–H and O–H groups in total. The van der Waals surface area contributed by atoms with Crippen LogP contribution in [0.25, 0.3) is 0 Å². The molecule has 0 amide bonds. The summed E-state index contributed by atoms with van der Waals surface area (Å²) in [5.41, 5.74) is 1.98. The van der Waals surface area contributed by atoms with Gasteiger partial charge >= 0.3 is 0 Å². The van der Waals surface area contributed by atoms with Gasteiger partial charge in [-0.15, -0.1) is 0 Å². The average Bonchev–Trinajstić information content (AvgIpc) is 2.38. The van der Waals surface area contributed by atoms with Gasteiger partial charge in [0.15, 0.2) is 0 Å². The molecular weight excluding hydrogens is 264 g/mol. The Hall–Kier alpha value is -1.18. The summed E-state index contributed by atoms with van der Waals surface area (Å²) >= 11 is 0. The van der Waals surface area contributed by atoms with Crippen LogP contribution in [-0.2, 0) is 4.74 Å². The molecule has 0 radical (unpaired) electrons. The number of benzene rings is 1. The highest BCUT2D eigenvalue weighted by molar-refractivity contribution is 5.33. The third kappa shape index (κ3) is 3.11. The van der Waals surface area contributed by atoms with Crippen molar-refractivity contribution in [2.45, 2.75) is 44.6 Å². The largest absolute Gasteiger partial charge is 0.462 e. The van der Waals surface area contributed by atoms with E-state index in [1.165, 1.54) is 0 Å². The van der Waals surface area contributed by atoms with Gasteiger partial charge in [-0.3, -0.25) is 0 Å². The highest BCUT2D eigenvalue weighted by Crippen LogP contribution is 2.25. The molecule has 0 spiro atoms. The zero-order valence-electron chi connectivity index (χ0n) is 11.4. The Kier molecular flexibility index (Phi) is 4.62. The van der Waals surface area contributed by atoms with Gasteiger partial charge < -0.3 is 29.9 Å². The summed E-state index contributed by atoms with van der Waals surface area (Å²) in [6.45, 7) is 3.35. The average molecular weight is 284 g/mol. The van der Waals surface area contributed by atoms with Crippen molar-refractivity contribution in [3.8, 4) is 5.75 Å². The van der Waals surface area contributed by atoms with Crippen LogP contribution < -0.4 is 4.74 Å². The minimum Gasteiger partial charge on any atom is -0.462 e. The maximum absolute atomic E-state index is 9.88. The van der Waals surface area contributed by atoms with Gasteiger partial charge in [-0.1, -0.05) is 6.07 Å². The van der Waals surface area contributed by atoms with Crippen molar-refractivity contribution in [2.24, 2.45) is 0 Å². The smallest absolute Gasteiger partial charge is 0.229 e. The molecule has 0 aromatic heterocycles. The van der Waals surface area contributed by atoms with Crippen molar-refractivity contribution in [3.63, 3.8) is 0 Å². The zero-order valence-corrected chi connectivity index (χ0v) is 11.4. The zero-order chi connectivity index (χ0) is 14.9. The Morgan fingerprint density at radius 3 is 2.15 bits per heavy atom. The van der Waals surface area contributed by atoms with Crippen molar-refractivity contribution >= 4 is 0 Å². The first-order chi connectivity index (χ1) is 9.42. The van der Waals surface area contributed by atoms with Gasteiger partial charge in [0.05, 0.1) is 6.61 Å². The number of aryl methyl sites for hydroxylation is 2. The third-order valence-electron chi connectivity index (χ3n) is 3.30. The number of hydrogen-bond donors (Lipinski definition) is 4. The van der Waals surface area contributed by atoms with Crippen LogP contribution in [0.1, 0.15) is 11.1 Å². The predicted molar refractivity (Wildman–Crippen MR) is 70.3 cm³/mol. The molecule has 2 rings (SSSR count). The van der Waals surface area contributed by atoms with Crippen molar-refractivity contribution in [2.75, 3.05) is 6.61 Å². The third-order valence-corrected chi connectivity index (χ3v) is 3.30. The van der Waals surface area contributed by atoms with Crippen LogP contribution in [0.5, 0.6) is 5.75 Å². The molecule has 1 heterocycles. The van der Waals surface area contributed by atoms with Crippen molar-refractivity contribution < 1.29 is 29.9 Å². The molecule has 6 nitrogen and oxygen atoms in total. The van der Waals surface area contributed by atoms with Gasteiger partial charge in [-0.2, -0.15) is 0 Å². The molecular formula is C14H20O6. The highest BCUT2D eigenvalue weighted by atomic mass is 16.7. The van der Waals surface area contributed by atoms with E-state index in [4.69, 9.17) is 14.6 Å². The first kappa shape index (κ1) is 15.2. The van der Waals surface area contributed by atoms with Gasteiger partial charge in [0, 0.05) is 0 Å². The van der Waals surface area contributed by atoms with E-state index in [1.54, 1.807) is 12.1 Å². The minimum absolute atomic E-state index is 0.475. The van der Waals surface area contributed by atoms with E-state index in [0.717, 1.165) is 11.1 Å². The van der Waals surface area contributed by atoms with Crippen molar-refractivity contribution in [1.29, 1.82) is 0 Å². The second kappa shape index (κ2) is 6.07. The molecule has 1 fully saturated rings. The second-order valence-corrected chi connectivity index (χ2v) is 5.14. The quantitative estimate of drug-likeness (QED) is 0.596. The number of rotatable bonds is 3. The summed E-state index contributed by atoms with van der Waals surface area (Å²) in [5, 5.41) is 38.3. The topological polar surface area (TPSA) is 99.4 Å². The Balaban J connectivity index is 2.15. The molecule has 5 atom stereocenters. The van der Waals surface area contributed by atoms with E-state index in [2.05, 4.69) is 0 Å². The lowest BCUT2D eigenvalue weighted by Crippen LogP contribution is -2.60. The van der Waals surface area contributed by atoms with Gasteiger partial charge in [-0.05, 0) is 37.1 Å². The maximum Gasteiger partial charge on any atom is 0.229 e. The molecule has 1 aliphatic rings. The van der Waals surface area contributed by atoms with Crippen molar-refractivity contribution in [1.82, 2.24) is 0 Å². The summed E-state index contributed by atoms with van der Waals surface area (Å²) in [4.78, 5) is 0. The summed E-state index contributed by atoms with van der Waals surface area (Å²) < 4.78 is 10.8. The monoisotopic (exact) mass is 284 g/mol. The van der Waals surface area contributed by atoms with E-state index in [0.29, 0.717) is 5.75 Å². The molecule has 112 valence electrons. The minimum atomic E-state index is -1.43. The van der Waals surface area contributed by atoms with Crippen LogP contribution in [0.2, 0.25) is 0 Å². The fourth-order valence-corrected chi connectivity index (χ4v) is 2.30. The van der Waals surface area contributed by atoms with Crippen LogP contribution >= 0.6 is 0 Å². The Bertz CT molecular complexity index is 441. The van der Waals surface area contributed by atoms with Gasteiger partial charge in [0.1, 0.15) is 30.2 Å². The highest BCUT2D eigenvalue weighted by Gasteiger charge is 2.44. The Morgan fingerprint density at radius 1 is 1.00 bits per heavy atom. The normalized spacial score (nSPS) is 34.0. The number of aliphatic hydroxyl groups is 4. The fraction of sp³-hybridized carbons (Fsp3) is 0.571. The molecule has 0 aliphatic carbocycles. The summed E-state index contributed by atoms with van der Waals surface area (Å²) in [6.07, 6.45) is -6.32. The molecule has 20 heavy (non-hydrogen) atoms. The van der Waals surface area contributed by atoms with Crippen LogP contribution in [0.15, 0.2) is 18.2 Å². The molecule has 0 bridgehead atoms. The molecule has 1 aromatic rings. The van der Waals surface area contributed by atoms with Crippen LogP contribution in [0.4, 0.5) is 0 Å². The summed E-state index contributed by atoms with van der Waals surface area (Å²) in [5.74, 6) is 0.492. The standard InChI is InChI=1S/C14H20O6/c1-7-3-8(2)5-9(4-7)19-14-13(18)12(17)11(16)10(6-15)20-14/h3-5,10-18H,6H2,1-2H3/t10-,11-,12+,13-,14-/m1/s1. The molecule has 1 aromatic carbocycles. The molecule has 0 saturated carbocycles. The van der Waals surface area contributed by atoms with Gasteiger partial charge in [0.25, 0.3) is 0 Å². The van der Waals surface area contributed by atoms with Gasteiger partial charge in [-0.25, -0.2) is 0 Å². The first-order valence-electron chi connectivity index (χ1n) is 6.48. The molecule has 1 aliphatic heterocycles. The SMILES string of the molecule is Cc1cc(C)cc(O[C@@H]2O[C@H](CO)[C@@H](O)[C@H](O)[C@H]2O)c1. The lowest BCUT2D eigenvalue weighted by Gasteiger charge is -2.39. The second-order valence-electron chi connectivity index (χ2n) is 5.14. The van der Waals surface area contributed by atoms with E-state index in [9.17, 15) is 15.3 Å². The van der Waals surface area contributed by atoms with E-state index < -0.39 is 37.3 Å². The predicted octanol–water partition coefficient (Wildman–Crippen LogP) is -0.518. The fourth-order valence-electron chi connectivity index (χ4n) is 2.30. The maximum atomic E-state index is 9.88. The summed E-state index contributed by atoms with van der Waals surface area (Å²) in [7, 11) is 0. The first-order valence-corrected chi connectivity index (χ1v) is 6.48. The van der Waals surface area contributed by atoms with Crippen LogP contribution in [0.3, 0.4) is 0 Å². The Labute approximate surface area is 117 Å². The Morgan fingerprint density at radius 2 is 1.60 bits per heavy atom. The number of ether oxygens (including phenoxy) is 2. The van der Waals surface area contributed by atoms with E-state index in [-0.39, 0.29) is 0 Å². The molecule has 0 unspecified atom stereocenters. The van der Waals surface area contributed by atoms with Crippen LogP contribution in [0, 0.1) is 13.8 Å². The summed E-state index contributed by atoms with van der Waals surface area (Å²) in [6, 6.07) is 5.52. The van der Waals surface area contributed by atoms with Crippen LogP contribution in [-0.4, -0.2) is 57.7 Å². The molecule has 1 saturated heterocycles. The van der Waals surface area contributed by atoms with Crippen molar-refractivity contribution in [3.05, 3.63) is 29.3 Å². The lowest BCUT2D eigenvalue weighted by molar-refractivity contribution is -0.277. The van der Waals surface area contributed by atoms with Gasteiger partial charge in [0.2, 0.25) is 6.29 Å². The van der Waals surface area contributed by atoms with E-state index in [1.807, 2.05) is 19.9 Å². The lowest BCUT2D eigenvalue weighted by atomic mass is 9.99. The molecule has 6 heteroatoms. The number of hydrogen-bond acceptors (Lipinski definition) is 6. The van der Waals surface area contributed by atoms with E-state index >= 15 is 0 Å². The number of aliphatic hydroxyl groups excluding tert-OH is 4.